The second-order valence-electron chi connectivity index (χ2n) is 5.89. The van der Waals surface area contributed by atoms with Gasteiger partial charge in [-0.3, -0.25) is 4.90 Å². The maximum absolute atomic E-state index is 2.67. The summed E-state index contributed by atoms with van der Waals surface area (Å²) in [6.45, 7) is 13.0. The summed E-state index contributed by atoms with van der Waals surface area (Å²) >= 11 is 0. The van der Waals surface area contributed by atoms with Crippen LogP contribution in [0.3, 0.4) is 0 Å². The van der Waals surface area contributed by atoms with E-state index in [2.05, 4.69) is 39.5 Å². The van der Waals surface area contributed by atoms with Crippen molar-refractivity contribution < 1.29 is 0 Å². The van der Waals surface area contributed by atoms with E-state index in [1.54, 1.807) is 0 Å². The normalized spacial score (nSPS) is 30.6. The highest BCUT2D eigenvalue weighted by atomic mass is 15.2. The fraction of sp³-hybridized carbons (Fsp3) is 1.00. The van der Waals surface area contributed by atoms with Crippen molar-refractivity contribution in [3.8, 4) is 0 Å². The fourth-order valence-corrected chi connectivity index (χ4v) is 2.94. The van der Waals surface area contributed by atoms with E-state index in [0.717, 1.165) is 12.0 Å². The van der Waals surface area contributed by atoms with E-state index in [1.807, 2.05) is 0 Å². The van der Waals surface area contributed by atoms with Gasteiger partial charge in [-0.2, -0.15) is 0 Å². The van der Waals surface area contributed by atoms with Crippen molar-refractivity contribution in [1.82, 2.24) is 4.90 Å². The summed E-state index contributed by atoms with van der Waals surface area (Å²) in [5.74, 6) is 0.994. The van der Waals surface area contributed by atoms with Gasteiger partial charge in [-0.05, 0) is 53.0 Å². The Morgan fingerprint density at radius 1 is 1.29 bits per heavy atom. The quantitative estimate of drug-likeness (QED) is 0.652. The van der Waals surface area contributed by atoms with E-state index in [9.17, 15) is 0 Å². The van der Waals surface area contributed by atoms with Crippen LogP contribution in [-0.4, -0.2) is 23.0 Å². The first-order valence-electron chi connectivity index (χ1n) is 6.22. The molecule has 1 heterocycles. The Morgan fingerprint density at radius 2 is 1.93 bits per heavy atom. The van der Waals surface area contributed by atoms with Gasteiger partial charge in [-0.15, -0.1) is 0 Å². The van der Waals surface area contributed by atoms with Gasteiger partial charge in [0.2, 0.25) is 0 Å². The van der Waals surface area contributed by atoms with Gasteiger partial charge in [-0.25, -0.2) is 0 Å². The third-order valence-corrected chi connectivity index (χ3v) is 3.54. The van der Waals surface area contributed by atoms with Crippen LogP contribution in [0.1, 0.15) is 60.3 Å². The minimum atomic E-state index is 0.358. The third kappa shape index (κ3) is 2.98. The number of hydrogen-bond donors (Lipinski definition) is 0. The zero-order chi connectivity index (χ0) is 10.8. The molecule has 0 saturated carbocycles. The summed E-state index contributed by atoms with van der Waals surface area (Å²) in [6.07, 6.45) is 5.61. The Bertz CT molecular complexity index is 169. The van der Waals surface area contributed by atoms with E-state index < -0.39 is 0 Å². The van der Waals surface area contributed by atoms with E-state index in [-0.39, 0.29) is 0 Å². The molecule has 0 aromatic rings. The second-order valence-corrected chi connectivity index (χ2v) is 5.89. The molecular formula is C13H27N. The molecule has 0 aromatic carbocycles. The van der Waals surface area contributed by atoms with Gasteiger partial charge in [0.15, 0.2) is 0 Å². The van der Waals surface area contributed by atoms with Crippen LogP contribution in [0, 0.1) is 5.92 Å². The number of likely N-dealkylation sites (tertiary alicyclic amines) is 1. The first kappa shape index (κ1) is 12.0. The third-order valence-electron chi connectivity index (χ3n) is 3.54. The number of piperidine rings is 1. The van der Waals surface area contributed by atoms with Crippen LogP contribution in [0.5, 0.6) is 0 Å². The summed E-state index contributed by atoms with van der Waals surface area (Å²) < 4.78 is 0. The van der Waals surface area contributed by atoms with E-state index in [0.29, 0.717) is 5.54 Å². The maximum atomic E-state index is 2.67. The summed E-state index contributed by atoms with van der Waals surface area (Å²) in [5.41, 5.74) is 0.358. The molecule has 1 nitrogen and oxygen atoms in total. The summed E-state index contributed by atoms with van der Waals surface area (Å²) in [4.78, 5) is 2.67. The predicted octanol–water partition coefficient (Wildman–Crippen LogP) is 3.69. The van der Waals surface area contributed by atoms with Gasteiger partial charge in [0, 0.05) is 11.6 Å². The first-order chi connectivity index (χ1) is 6.45. The smallest absolute Gasteiger partial charge is 0.0127 e. The molecule has 0 aliphatic carbocycles. The lowest BCUT2D eigenvalue weighted by atomic mass is 9.85. The predicted molar refractivity (Wildman–Crippen MR) is 63.6 cm³/mol. The molecule has 0 aromatic heterocycles. The molecule has 0 radical (unpaired) electrons. The molecule has 1 aliphatic rings. The number of nitrogens with zero attached hydrogens (tertiary/aromatic N) is 1. The maximum Gasteiger partial charge on any atom is 0.0127 e. The van der Waals surface area contributed by atoms with Crippen molar-refractivity contribution in [1.29, 1.82) is 0 Å². The molecule has 1 fully saturated rings. The minimum absolute atomic E-state index is 0.358. The molecule has 2 atom stereocenters. The largest absolute Gasteiger partial charge is 0.296 e. The highest BCUT2D eigenvalue weighted by Gasteiger charge is 2.31. The van der Waals surface area contributed by atoms with Crippen LogP contribution in [-0.2, 0) is 0 Å². The monoisotopic (exact) mass is 197 g/mol. The van der Waals surface area contributed by atoms with Crippen molar-refractivity contribution in [2.45, 2.75) is 71.9 Å². The fourth-order valence-electron chi connectivity index (χ4n) is 2.94. The molecule has 84 valence electrons. The molecule has 0 N–H and O–H groups in total. The molecule has 0 amide bonds. The minimum Gasteiger partial charge on any atom is -0.296 e. The lowest BCUT2D eigenvalue weighted by Gasteiger charge is -2.45. The van der Waals surface area contributed by atoms with Crippen LogP contribution in [0.15, 0.2) is 0 Å². The van der Waals surface area contributed by atoms with Gasteiger partial charge in [0.25, 0.3) is 0 Å². The Hall–Kier alpha value is -0.0400. The average Bonchev–Trinajstić information content (AvgIpc) is 2.02. The highest BCUT2D eigenvalue weighted by molar-refractivity contribution is 4.86. The summed E-state index contributed by atoms with van der Waals surface area (Å²) in [5, 5.41) is 0. The lowest BCUT2D eigenvalue weighted by molar-refractivity contribution is 0.0370. The Labute approximate surface area is 89.9 Å². The highest BCUT2D eigenvalue weighted by Crippen LogP contribution is 2.30. The van der Waals surface area contributed by atoms with Gasteiger partial charge >= 0.3 is 0 Å². The topological polar surface area (TPSA) is 3.24 Å². The zero-order valence-electron chi connectivity index (χ0n) is 10.6. The molecule has 1 rings (SSSR count). The molecule has 0 bridgehead atoms. The standard InChI is InChI=1S/C13H27N/c1-6-7-12-8-9-14(11(2)10-12)13(3,4)5/h11-12H,6-10H2,1-5H3. The van der Waals surface area contributed by atoms with Crippen molar-refractivity contribution in [3.63, 3.8) is 0 Å². The number of hydrogen-bond acceptors (Lipinski definition) is 1. The van der Waals surface area contributed by atoms with Gasteiger partial charge in [-0.1, -0.05) is 19.8 Å². The second kappa shape index (κ2) is 4.65. The van der Waals surface area contributed by atoms with Gasteiger partial charge in [0.05, 0.1) is 0 Å². The zero-order valence-corrected chi connectivity index (χ0v) is 10.6. The van der Waals surface area contributed by atoms with Gasteiger partial charge in [0.1, 0.15) is 0 Å². The molecule has 14 heavy (non-hydrogen) atoms. The van der Waals surface area contributed by atoms with Crippen molar-refractivity contribution >= 4 is 0 Å². The molecule has 2 unspecified atom stereocenters. The summed E-state index contributed by atoms with van der Waals surface area (Å²) in [7, 11) is 0. The molecule has 1 aliphatic heterocycles. The number of rotatable bonds is 2. The van der Waals surface area contributed by atoms with Crippen molar-refractivity contribution in [2.24, 2.45) is 5.92 Å². The van der Waals surface area contributed by atoms with E-state index in [1.165, 1.54) is 32.2 Å². The van der Waals surface area contributed by atoms with Crippen LogP contribution < -0.4 is 0 Å². The molecule has 0 spiro atoms. The van der Waals surface area contributed by atoms with Crippen LogP contribution in [0.25, 0.3) is 0 Å². The Morgan fingerprint density at radius 3 is 2.36 bits per heavy atom. The van der Waals surface area contributed by atoms with E-state index >= 15 is 0 Å². The van der Waals surface area contributed by atoms with Crippen molar-refractivity contribution in [3.05, 3.63) is 0 Å². The van der Waals surface area contributed by atoms with Gasteiger partial charge < -0.3 is 0 Å². The van der Waals surface area contributed by atoms with Crippen LogP contribution in [0.4, 0.5) is 0 Å². The Kier molecular flexibility index (Phi) is 4.00. The first-order valence-corrected chi connectivity index (χ1v) is 6.22. The van der Waals surface area contributed by atoms with Crippen LogP contribution in [0.2, 0.25) is 0 Å². The lowest BCUT2D eigenvalue weighted by Crippen LogP contribution is -2.51. The Balaban J connectivity index is 2.48. The van der Waals surface area contributed by atoms with E-state index in [4.69, 9.17) is 0 Å². The molecule has 1 heteroatoms. The SMILES string of the molecule is CCCC1CCN(C(C)(C)C)C(C)C1. The summed E-state index contributed by atoms with van der Waals surface area (Å²) in [6, 6.07) is 0.778. The van der Waals surface area contributed by atoms with Crippen LogP contribution >= 0.6 is 0 Å². The van der Waals surface area contributed by atoms with Crippen molar-refractivity contribution in [2.75, 3.05) is 6.54 Å². The molecule has 1 saturated heterocycles. The molecular weight excluding hydrogens is 170 g/mol. The average molecular weight is 197 g/mol.